The summed E-state index contributed by atoms with van der Waals surface area (Å²) in [4.78, 5) is 13.0. The van der Waals surface area contributed by atoms with E-state index < -0.39 is 0 Å². The number of methoxy groups -OCH3 is 3. The lowest BCUT2D eigenvalue weighted by Gasteiger charge is -2.39. The number of rotatable bonds is 5. The molecule has 1 aromatic rings. The molecule has 138 valence electrons. The Morgan fingerprint density at radius 1 is 1.04 bits per heavy atom. The van der Waals surface area contributed by atoms with Gasteiger partial charge in [-0.25, -0.2) is 0 Å². The van der Waals surface area contributed by atoms with Crippen LogP contribution in [-0.4, -0.2) is 33.3 Å². The van der Waals surface area contributed by atoms with Crippen LogP contribution in [0.3, 0.4) is 0 Å². The molecule has 5 nitrogen and oxygen atoms in total. The highest BCUT2D eigenvalue weighted by Crippen LogP contribution is 2.65. The van der Waals surface area contributed by atoms with Gasteiger partial charge in [-0.3, -0.25) is 4.79 Å². The van der Waals surface area contributed by atoms with Gasteiger partial charge in [0.15, 0.2) is 11.5 Å². The SMILES string of the molecule is COc1cc(OC)c(C(=O)N[C@@H]2C[C@@H]3CC[C@]2(C)C3(C)C)cc1OC. The standard InChI is InChI=1S/C20H29NO4/c1-19(2)12-7-8-20(19,3)17(9-12)21-18(22)13-10-15(24-5)16(25-6)11-14(13)23-4/h10-12,17H,7-9H2,1-6H3,(H,21,22)/t12-,17+,20-/m0/s1. The van der Waals surface area contributed by atoms with Crippen molar-refractivity contribution in [2.24, 2.45) is 16.7 Å². The molecule has 2 saturated carbocycles. The fraction of sp³-hybridized carbons (Fsp3) is 0.650. The van der Waals surface area contributed by atoms with Crippen molar-refractivity contribution in [1.82, 2.24) is 5.32 Å². The lowest BCUT2D eigenvalue weighted by Crippen LogP contribution is -2.46. The lowest BCUT2D eigenvalue weighted by molar-refractivity contribution is 0.0823. The topological polar surface area (TPSA) is 56.8 Å². The molecular weight excluding hydrogens is 318 g/mol. The highest BCUT2D eigenvalue weighted by molar-refractivity contribution is 5.98. The number of carbonyl (C=O) groups is 1. The Morgan fingerprint density at radius 2 is 1.64 bits per heavy atom. The molecule has 0 heterocycles. The van der Waals surface area contributed by atoms with Crippen LogP contribution in [0.5, 0.6) is 17.2 Å². The minimum atomic E-state index is -0.118. The van der Waals surface area contributed by atoms with Gasteiger partial charge in [-0.1, -0.05) is 20.8 Å². The maximum Gasteiger partial charge on any atom is 0.255 e. The maximum absolute atomic E-state index is 13.0. The van der Waals surface area contributed by atoms with Gasteiger partial charge < -0.3 is 19.5 Å². The van der Waals surface area contributed by atoms with Gasteiger partial charge in [-0.15, -0.1) is 0 Å². The fourth-order valence-corrected chi connectivity index (χ4v) is 4.86. The molecule has 3 atom stereocenters. The Bertz CT molecular complexity index is 685. The maximum atomic E-state index is 13.0. The molecule has 0 aliphatic heterocycles. The average molecular weight is 347 g/mol. The van der Waals surface area contributed by atoms with E-state index in [9.17, 15) is 4.79 Å². The van der Waals surface area contributed by atoms with Gasteiger partial charge in [0.1, 0.15) is 5.75 Å². The summed E-state index contributed by atoms with van der Waals surface area (Å²) in [5.74, 6) is 2.11. The zero-order valence-corrected chi connectivity index (χ0v) is 16.1. The Morgan fingerprint density at radius 3 is 2.12 bits per heavy atom. The van der Waals surface area contributed by atoms with Crippen molar-refractivity contribution in [2.45, 2.75) is 46.1 Å². The molecule has 1 amide bonds. The number of hydrogen-bond acceptors (Lipinski definition) is 4. The Labute approximate surface area is 150 Å². The Balaban J connectivity index is 1.87. The molecule has 0 unspecified atom stereocenters. The highest BCUT2D eigenvalue weighted by atomic mass is 16.5. The Hall–Kier alpha value is -1.91. The van der Waals surface area contributed by atoms with Gasteiger partial charge in [0.2, 0.25) is 0 Å². The van der Waals surface area contributed by atoms with E-state index in [1.807, 2.05) is 0 Å². The second-order valence-electron chi connectivity index (χ2n) is 8.04. The Kier molecular flexibility index (Phi) is 4.38. The van der Waals surface area contributed by atoms with Gasteiger partial charge in [-0.2, -0.15) is 0 Å². The van der Waals surface area contributed by atoms with Crippen molar-refractivity contribution in [3.63, 3.8) is 0 Å². The van der Waals surface area contributed by atoms with E-state index in [0.29, 0.717) is 28.7 Å². The molecule has 2 fully saturated rings. The van der Waals surface area contributed by atoms with Crippen LogP contribution in [0.15, 0.2) is 12.1 Å². The third kappa shape index (κ3) is 2.55. The normalized spacial score (nSPS) is 29.4. The quantitative estimate of drug-likeness (QED) is 0.883. The third-order valence-corrected chi connectivity index (χ3v) is 7.05. The zero-order valence-electron chi connectivity index (χ0n) is 16.1. The van der Waals surface area contributed by atoms with Gasteiger partial charge in [0.25, 0.3) is 5.91 Å². The van der Waals surface area contributed by atoms with Gasteiger partial charge >= 0.3 is 0 Å². The van der Waals surface area contributed by atoms with Crippen molar-refractivity contribution in [3.8, 4) is 17.2 Å². The number of hydrogen-bond donors (Lipinski definition) is 1. The first kappa shape index (κ1) is 17.9. The van der Waals surface area contributed by atoms with E-state index in [1.54, 1.807) is 33.5 Å². The molecule has 2 aliphatic carbocycles. The minimum Gasteiger partial charge on any atom is -0.496 e. The van der Waals surface area contributed by atoms with Crippen molar-refractivity contribution >= 4 is 5.91 Å². The summed E-state index contributed by atoms with van der Waals surface area (Å²) in [6.07, 6.45) is 3.47. The third-order valence-electron chi connectivity index (χ3n) is 7.05. The number of fused-ring (bicyclic) bond motifs is 2. The average Bonchev–Trinajstić information content (AvgIpc) is 2.93. The van der Waals surface area contributed by atoms with Crippen LogP contribution in [-0.2, 0) is 0 Å². The first-order chi connectivity index (χ1) is 11.8. The predicted molar refractivity (Wildman–Crippen MR) is 96.6 cm³/mol. The first-order valence-corrected chi connectivity index (χ1v) is 8.89. The summed E-state index contributed by atoms with van der Waals surface area (Å²) in [6, 6.07) is 3.57. The molecule has 0 radical (unpaired) electrons. The second kappa shape index (κ2) is 6.11. The van der Waals surface area contributed by atoms with Crippen LogP contribution in [0.1, 0.15) is 50.4 Å². The largest absolute Gasteiger partial charge is 0.496 e. The molecular formula is C20H29NO4. The highest BCUT2D eigenvalue weighted by Gasteiger charge is 2.61. The fourth-order valence-electron chi connectivity index (χ4n) is 4.86. The summed E-state index contributed by atoms with van der Waals surface area (Å²) in [5, 5.41) is 3.27. The number of benzene rings is 1. The molecule has 25 heavy (non-hydrogen) atoms. The number of amides is 1. The van der Waals surface area contributed by atoms with E-state index in [4.69, 9.17) is 14.2 Å². The van der Waals surface area contributed by atoms with E-state index >= 15 is 0 Å². The molecule has 0 spiro atoms. The zero-order chi connectivity index (χ0) is 18.4. The van der Waals surface area contributed by atoms with Crippen LogP contribution in [0, 0.1) is 16.7 Å². The van der Waals surface area contributed by atoms with E-state index in [0.717, 1.165) is 6.42 Å². The summed E-state index contributed by atoms with van der Waals surface area (Å²) < 4.78 is 16.0. The summed E-state index contributed by atoms with van der Waals surface area (Å²) >= 11 is 0. The smallest absolute Gasteiger partial charge is 0.255 e. The number of nitrogens with one attached hydrogen (secondary N) is 1. The monoisotopic (exact) mass is 347 g/mol. The molecule has 1 aromatic carbocycles. The van der Waals surface area contributed by atoms with Crippen LogP contribution in [0.25, 0.3) is 0 Å². The van der Waals surface area contributed by atoms with Crippen molar-refractivity contribution in [1.29, 1.82) is 0 Å². The predicted octanol–water partition coefficient (Wildman–Crippen LogP) is 3.66. The lowest BCUT2D eigenvalue weighted by atomic mass is 9.69. The summed E-state index contributed by atoms with van der Waals surface area (Å²) in [5.41, 5.74) is 0.869. The summed E-state index contributed by atoms with van der Waals surface area (Å²) in [6.45, 7) is 7.00. The van der Waals surface area contributed by atoms with Crippen LogP contribution >= 0.6 is 0 Å². The van der Waals surface area contributed by atoms with Crippen molar-refractivity contribution in [2.75, 3.05) is 21.3 Å². The molecule has 3 rings (SSSR count). The minimum absolute atomic E-state index is 0.118. The molecule has 2 aliphatic rings. The molecule has 2 bridgehead atoms. The van der Waals surface area contributed by atoms with E-state index in [-0.39, 0.29) is 22.8 Å². The van der Waals surface area contributed by atoms with Crippen LogP contribution < -0.4 is 19.5 Å². The molecule has 1 N–H and O–H groups in total. The molecule has 0 saturated heterocycles. The van der Waals surface area contributed by atoms with E-state index in [2.05, 4.69) is 26.1 Å². The molecule has 5 heteroatoms. The van der Waals surface area contributed by atoms with Crippen molar-refractivity contribution < 1.29 is 19.0 Å². The van der Waals surface area contributed by atoms with Gasteiger partial charge in [0.05, 0.1) is 26.9 Å². The van der Waals surface area contributed by atoms with Crippen molar-refractivity contribution in [3.05, 3.63) is 17.7 Å². The molecule has 0 aromatic heterocycles. The first-order valence-electron chi connectivity index (χ1n) is 8.89. The van der Waals surface area contributed by atoms with Crippen LogP contribution in [0.2, 0.25) is 0 Å². The van der Waals surface area contributed by atoms with Gasteiger partial charge in [0, 0.05) is 18.2 Å². The van der Waals surface area contributed by atoms with E-state index in [1.165, 1.54) is 12.8 Å². The number of carbonyl (C=O) groups excluding carboxylic acids is 1. The van der Waals surface area contributed by atoms with Crippen LogP contribution in [0.4, 0.5) is 0 Å². The summed E-state index contributed by atoms with van der Waals surface area (Å²) in [7, 11) is 4.68. The van der Waals surface area contributed by atoms with Gasteiger partial charge in [-0.05, 0) is 36.0 Å². The number of ether oxygens (including phenoxy) is 3. The second-order valence-corrected chi connectivity index (χ2v) is 8.04.